The van der Waals surface area contributed by atoms with Gasteiger partial charge in [0.1, 0.15) is 5.75 Å². The molecule has 20 heavy (non-hydrogen) atoms. The average molecular weight is 269 g/mol. The lowest BCUT2D eigenvalue weighted by Crippen LogP contribution is -2.24. The molecule has 1 heterocycles. The molecule has 0 saturated carbocycles. The number of nitrogens with zero attached hydrogens (tertiary/aromatic N) is 2. The molecule has 0 saturated heterocycles. The fraction of sp³-hybridized carbons (Fsp3) is 0.133. The van der Waals surface area contributed by atoms with Gasteiger partial charge in [-0.05, 0) is 42.3 Å². The van der Waals surface area contributed by atoms with Crippen molar-refractivity contribution in [1.82, 2.24) is 10.4 Å². The van der Waals surface area contributed by atoms with Gasteiger partial charge in [0.15, 0.2) is 6.61 Å². The molecule has 1 aromatic carbocycles. The van der Waals surface area contributed by atoms with E-state index >= 15 is 0 Å². The summed E-state index contributed by atoms with van der Waals surface area (Å²) in [6, 6.07) is 11.1. The van der Waals surface area contributed by atoms with Crippen molar-refractivity contribution in [3.8, 4) is 5.75 Å². The first-order chi connectivity index (χ1) is 9.74. The quantitative estimate of drug-likeness (QED) is 0.666. The number of hydrogen-bond donors (Lipinski definition) is 1. The van der Waals surface area contributed by atoms with Gasteiger partial charge >= 0.3 is 0 Å². The molecule has 1 aromatic heterocycles. The van der Waals surface area contributed by atoms with E-state index in [0.717, 1.165) is 11.1 Å². The van der Waals surface area contributed by atoms with Crippen molar-refractivity contribution >= 4 is 12.1 Å². The van der Waals surface area contributed by atoms with Crippen molar-refractivity contribution in [2.24, 2.45) is 5.10 Å². The van der Waals surface area contributed by atoms with E-state index in [0.29, 0.717) is 5.75 Å². The maximum Gasteiger partial charge on any atom is 0.277 e. The Morgan fingerprint density at radius 1 is 1.35 bits per heavy atom. The van der Waals surface area contributed by atoms with Gasteiger partial charge in [-0.3, -0.25) is 9.78 Å². The molecular formula is C15H15N3O2. The first kappa shape index (κ1) is 13.7. The number of nitrogens with one attached hydrogen (secondary N) is 1. The maximum absolute atomic E-state index is 11.5. The highest BCUT2D eigenvalue weighted by Crippen LogP contribution is 2.11. The van der Waals surface area contributed by atoms with Crippen LogP contribution in [0.25, 0.3) is 0 Å². The fourth-order valence-corrected chi connectivity index (χ4v) is 1.51. The van der Waals surface area contributed by atoms with Gasteiger partial charge in [0.05, 0.1) is 6.21 Å². The van der Waals surface area contributed by atoms with Crippen molar-refractivity contribution in [3.05, 3.63) is 59.9 Å². The highest BCUT2D eigenvalue weighted by molar-refractivity contribution is 5.82. The lowest BCUT2D eigenvalue weighted by atomic mass is 10.2. The molecule has 2 rings (SSSR count). The zero-order valence-electron chi connectivity index (χ0n) is 11.1. The van der Waals surface area contributed by atoms with Gasteiger partial charge in [0, 0.05) is 12.4 Å². The summed E-state index contributed by atoms with van der Waals surface area (Å²) in [6.45, 7) is 1.89. The summed E-state index contributed by atoms with van der Waals surface area (Å²) < 4.78 is 5.36. The first-order valence-corrected chi connectivity index (χ1v) is 6.15. The minimum Gasteiger partial charge on any atom is -0.484 e. The fourth-order valence-electron chi connectivity index (χ4n) is 1.51. The van der Waals surface area contributed by atoms with Crippen LogP contribution in [0.15, 0.2) is 53.9 Å². The highest BCUT2D eigenvalue weighted by Gasteiger charge is 2.01. The molecule has 0 atom stereocenters. The third-order valence-corrected chi connectivity index (χ3v) is 2.47. The highest BCUT2D eigenvalue weighted by atomic mass is 16.5. The number of ether oxygens (including phenoxy) is 1. The second kappa shape index (κ2) is 7.04. The van der Waals surface area contributed by atoms with Crippen molar-refractivity contribution in [3.63, 3.8) is 0 Å². The first-order valence-electron chi connectivity index (χ1n) is 6.15. The lowest BCUT2D eigenvalue weighted by Gasteiger charge is -2.05. The van der Waals surface area contributed by atoms with Crippen LogP contribution in [0.5, 0.6) is 5.75 Å². The lowest BCUT2D eigenvalue weighted by molar-refractivity contribution is -0.123. The van der Waals surface area contributed by atoms with Crippen LogP contribution in [0, 0.1) is 6.92 Å². The molecule has 1 amide bonds. The molecule has 0 radical (unpaired) electrons. The number of carbonyl (C=O) groups excluding carboxylic acids is 1. The molecule has 5 heteroatoms. The van der Waals surface area contributed by atoms with E-state index in [4.69, 9.17) is 4.74 Å². The summed E-state index contributed by atoms with van der Waals surface area (Å²) in [5.41, 5.74) is 4.34. The van der Waals surface area contributed by atoms with Gasteiger partial charge in [-0.1, -0.05) is 12.1 Å². The summed E-state index contributed by atoms with van der Waals surface area (Å²) in [6.07, 6.45) is 4.86. The Morgan fingerprint density at radius 3 is 2.90 bits per heavy atom. The largest absolute Gasteiger partial charge is 0.484 e. The van der Waals surface area contributed by atoms with Gasteiger partial charge in [0.25, 0.3) is 5.91 Å². The number of pyridine rings is 1. The molecule has 0 spiro atoms. The zero-order chi connectivity index (χ0) is 14.2. The van der Waals surface area contributed by atoms with Crippen LogP contribution in [0.4, 0.5) is 0 Å². The predicted molar refractivity (Wildman–Crippen MR) is 76.6 cm³/mol. The number of aromatic nitrogens is 1. The van der Waals surface area contributed by atoms with Crippen molar-refractivity contribution in [2.45, 2.75) is 6.92 Å². The minimum absolute atomic E-state index is 0.0723. The van der Waals surface area contributed by atoms with Crippen LogP contribution in [-0.4, -0.2) is 23.7 Å². The molecule has 0 aliphatic heterocycles. The Balaban J connectivity index is 1.77. The zero-order valence-corrected chi connectivity index (χ0v) is 11.1. The van der Waals surface area contributed by atoms with E-state index in [2.05, 4.69) is 15.5 Å². The maximum atomic E-state index is 11.5. The number of carbonyl (C=O) groups is 1. The number of rotatable bonds is 5. The molecule has 5 nitrogen and oxygen atoms in total. The summed E-state index contributed by atoms with van der Waals surface area (Å²) >= 11 is 0. The molecule has 0 unspecified atom stereocenters. The van der Waals surface area contributed by atoms with Crippen LogP contribution in [0.2, 0.25) is 0 Å². The summed E-state index contributed by atoms with van der Waals surface area (Å²) in [5, 5.41) is 3.84. The number of hydrogen-bond acceptors (Lipinski definition) is 4. The minimum atomic E-state index is -0.309. The molecule has 2 aromatic rings. The molecular weight excluding hydrogens is 254 g/mol. The Bertz CT molecular complexity index is 597. The van der Waals surface area contributed by atoms with E-state index in [1.54, 1.807) is 36.8 Å². The van der Waals surface area contributed by atoms with Crippen LogP contribution in [0.1, 0.15) is 11.1 Å². The van der Waals surface area contributed by atoms with Gasteiger partial charge < -0.3 is 4.74 Å². The smallest absolute Gasteiger partial charge is 0.277 e. The second-order valence-electron chi connectivity index (χ2n) is 4.18. The van der Waals surface area contributed by atoms with Crippen LogP contribution in [0.3, 0.4) is 0 Å². The van der Waals surface area contributed by atoms with E-state index in [9.17, 15) is 4.79 Å². The van der Waals surface area contributed by atoms with Gasteiger partial charge in [-0.2, -0.15) is 5.10 Å². The van der Waals surface area contributed by atoms with E-state index in [-0.39, 0.29) is 12.5 Å². The number of aryl methyl sites for hydroxylation is 1. The molecule has 0 bridgehead atoms. The van der Waals surface area contributed by atoms with Crippen molar-refractivity contribution in [1.29, 1.82) is 0 Å². The molecule has 1 N–H and O–H groups in total. The van der Waals surface area contributed by atoms with Crippen LogP contribution < -0.4 is 10.2 Å². The Kier molecular flexibility index (Phi) is 4.83. The topological polar surface area (TPSA) is 63.6 Å². The standard InChI is InChI=1S/C15H15N3O2/c1-12-3-2-4-14(9-12)20-11-15(19)18-17-10-13-5-7-16-8-6-13/h2-10H,11H2,1H3,(H,18,19)/b17-10-. The second-order valence-corrected chi connectivity index (χ2v) is 4.18. The van der Waals surface area contributed by atoms with Gasteiger partial charge in [-0.15, -0.1) is 0 Å². The predicted octanol–water partition coefficient (Wildman–Crippen LogP) is 1.92. The molecule has 0 fully saturated rings. The van der Waals surface area contributed by atoms with E-state index < -0.39 is 0 Å². The van der Waals surface area contributed by atoms with Crippen molar-refractivity contribution in [2.75, 3.05) is 6.61 Å². The van der Waals surface area contributed by atoms with Gasteiger partial charge in [0.2, 0.25) is 0 Å². The molecule has 0 aliphatic rings. The monoisotopic (exact) mass is 269 g/mol. The summed E-state index contributed by atoms with van der Waals surface area (Å²) in [4.78, 5) is 15.4. The van der Waals surface area contributed by atoms with Gasteiger partial charge in [-0.25, -0.2) is 5.43 Å². The van der Waals surface area contributed by atoms with Crippen LogP contribution in [-0.2, 0) is 4.79 Å². The molecule has 102 valence electrons. The summed E-state index contributed by atoms with van der Waals surface area (Å²) in [5.74, 6) is 0.357. The third kappa shape index (κ3) is 4.53. The average Bonchev–Trinajstić information content (AvgIpc) is 2.46. The van der Waals surface area contributed by atoms with E-state index in [1.807, 2.05) is 25.1 Å². The number of benzene rings is 1. The SMILES string of the molecule is Cc1cccc(OCC(=O)N/N=C\c2ccncc2)c1. The number of amides is 1. The Labute approximate surface area is 117 Å². The normalized spacial score (nSPS) is 10.4. The van der Waals surface area contributed by atoms with E-state index in [1.165, 1.54) is 0 Å². The van der Waals surface area contributed by atoms with Crippen molar-refractivity contribution < 1.29 is 9.53 Å². The van der Waals surface area contributed by atoms with Crippen LogP contribution >= 0.6 is 0 Å². The Morgan fingerprint density at radius 2 is 2.15 bits per heavy atom. The summed E-state index contributed by atoms with van der Waals surface area (Å²) in [7, 11) is 0. The molecule has 0 aliphatic carbocycles. The Hall–Kier alpha value is -2.69. The third-order valence-electron chi connectivity index (χ3n) is 2.47. The number of hydrazone groups is 1.